The van der Waals surface area contributed by atoms with E-state index in [2.05, 4.69) is 27.6 Å². The van der Waals surface area contributed by atoms with Crippen molar-refractivity contribution in [3.63, 3.8) is 0 Å². The molecule has 0 amide bonds. The average molecular weight is 320 g/mol. The normalized spacial score (nSPS) is 11.5. The Balaban J connectivity index is 1.86. The largest absolute Gasteiger partial charge is 0.357 e. The standard InChI is InChI=1S/C16H22ClN5/c1-3-18-16(19-8-7-14-11-21-22(2)12-14)20-10-13-5-4-6-15(17)9-13/h4-6,9,11-12H,3,7-8,10H2,1-2H3,(H2,18,19,20). The van der Waals surface area contributed by atoms with Crippen LogP contribution in [0.1, 0.15) is 18.1 Å². The van der Waals surface area contributed by atoms with Crippen LogP contribution >= 0.6 is 11.6 Å². The van der Waals surface area contributed by atoms with Gasteiger partial charge in [0, 0.05) is 31.4 Å². The van der Waals surface area contributed by atoms with Crippen LogP contribution in [0.25, 0.3) is 0 Å². The number of hydrogen-bond donors (Lipinski definition) is 2. The monoisotopic (exact) mass is 319 g/mol. The molecule has 2 aromatic rings. The van der Waals surface area contributed by atoms with Gasteiger partial charge in [-0.05, 0) is 36.6 Å². The van der Waals surface area contributed by atoms with Gasteiger partial charge in [0.25, 0.3) is 0 Å². The number of benzene rings is 1. The molecule has 0 saturated heterocycles. The van der Waals surface area contributed by atoms with Crippen LogP contribution < -0.4 is 10.6 Å². The Labute approximate surface area is 136 Å². The Hall–Kier alpha value is -2.01. The van der Waals surface area contributed by atoms with E-state index in [1.165, 1.54) is 5.56 Å². The van der Waals surface area contributed by atoms with Gasteiger partial charge in [-0.25, -0.2) is 4.99 Å². The maximum Gasteiger partial charge on any atom is 0.191 e. The Bertz CT molecular complexity index is 621. The number of guanidine groups is 1. The molecule has 0 atom stereocenters. The molecule has 5 nitrogen and oxygen atoms in total. The molecular formula is C16H22ClN5. The lowest BCUT2D eigenvalue weighted by Crippen LogP contribution is -2.38. The summed E-state index contributed by atoms with van der Waals surface area (Å²) in [6.07, 6.45) is 4.82. The third-order valence-corrected chi connectivity index (χ3v) is 3.35. The summed E-state index contributed by atoms with van der Waals surface area (Å²) in [5.74, 6) is 0.811. The molecule has 0 aliphatic heterocycles. The van der Waals surface area contributed by atoms with E-state index >= 15 is 0 Å². The zero-order valence-corrected chi connectivity index (χ0v) is 13.8. The number of hydrogen-bond acceptors (Lipinski definition) is 2. The molecule has 0 fully saturated rings. The maximum atomic E-state index is 5.99. The molecule has 1 aromatic heterocycles. The van der Waals surface area contributed by atoms with E-state index in [0.29, 0.717) is 6.54 Å². The van der Waals surface area contributed by atoms with Crippen molar-refractivity contribution >= 4 is 17.6 Å². The number of aromatic nitrogens is 2. The van der Waals surface area contributed by atoms with Gasteiger partial charge in [0.15, 0.2) is 5.96 Å². The first-order chi connectivity index (χ1) is 10.7. The van der Waals surface area contributed by atoms with E-state index in [1.54, 1.807) is 0 Å². The molecule has 0 spiro atoms. The number of halogens is 1. The highest BCUT2D eigenvalue weighted by atomic mass is 35.5. The molecule has 2 rings (SSSR count). The third kappa shape index (κ3) is 5.41. The molecule has 118 valence electrons. The molecule has 6 heteroatoms. The van der Waals surface area contributed by atoms with Crippen LogP contribution in [0.5, 0.6) is 0 Å². The topological polar surface area (TPSA) is 54.2 Å². The second kappa shape index (κ2) is 8.44. The molecule has 1 heterocycles. The summed E-state index contributed by atoms with van der Waals surface area (Å²) in [5, 5.41) is 11.5. The maximum absolute atomic E-state index is 5.99. The van der Waals surface area contributed by atoms with Crippen LogP contribution in [0.2, 0.25) is 5.02 Å². The molecule has 1 aromatic carbocycles. The minimum absolute atomic E-state index is 0.600. The Kier molecular flexibility index (Phi) is 6.27. The number of rotatable bonds is 6. The summed E-state index contributed by atoms with van der Waals surface area (Å²) < 4.78 is 1.81. The first-order valence-electron chi connectivity index (χ1n) is 7.41. The SMILES string of the molecule is CCNC(=NCc1cccc(Cl)c1)NCCc1cnn(C)c1. The lowest BCUT2D eigenvalue weighted by atomic mass is 10.2. The van der Waals surface area contributed by atoms with Crippen LogP contribution in [0.3, 0.4) is 0 Å². The number of nitrogens with zero attached hydrogens (tertiary/aromatic N) is 3. The van der Waals surface area contributed by atoms with Crippen molar-refractivity contribution in [3.05, 3.63) is 52.8 Å². The van der Waals surface area contributed by atoms with Crippen molar-refractivity contribution in [3.8, 4) is 0 Å². The summed E-state index contributed by atoms with van der Waals surface area (Å²) in [5.41, 5.74) is 2.30. The molecule has 0 aliphatic rings. The molecule has 0 saturated carbocycles. The lowest BCUT2D eigenvalue weighted by molar-refractivity contribution is 0.765. The fourth-order valence-electron chi connectivity index (χ4n) is 2.07. The Morgan fingerprint density at radius 3 is 2.86 bits per heavy atom. The van der Waals surface area contributed by atoms with Gasteiger partial charge in [-0.15, -0.1) is 0 Å². The van der Waals surface area contributed by atoms with E-state index in [-0.39, 0.29) is 0 Å². The molecule has 0 bridgehead atoms. The van der Waals surface area contributed by atoms with E-state index in [9.17, 15) is 0 Å². The van der Waals surface area contributed by atoms with Gasteiger partial charge in [-0.3, -0.25) is 4.68 Å². The third-order valence-electron chi connectivity index (χ3n) is 3.12. The first kappa shape index (κ1) is 16.4. The fourth-order valence-corrected chi connectivity index (χ4v) is 2.29. The van der Waals surface area contributed by atoms with Gasteiger partial charge >= 0.3 is 0 Å². The van der Waals surface area contributed by atoms with Crippen LogP contribution in [0.15, 0.2) is 41.7 Å². The summed E-state index contributed by atoms with van der Waals surface area (Å²) in [6.45, 7) is 4.29. The van der Waals surface area contributed by atoms with Gasteiger partial charge in [-0.2, -0.15) is 5.10 Å². The Morgan fingerprint density at radius 1 is 1.32 bits per heavy atom. The summed E-state index contributed by atoms with van der Waals surface area (Å²) in [4.78, 5) is 4.58. The number of nitrogens with one attached hydrogen (secondary N) is 2. The quantitative estimate of drug-likeness (QED) is 0.635. The van der Waals surface area contributed by atoms with Crippen LogP contribution in [0, 0.1) is 0 Å². The summed E-state index contributed by atoms with van der Waals surface area (Å²) in [6, 6.07) is 7.76. The van der Waals surface area contributed by atoms with E-state index in [0.717, 1.165) is 36.1 Å². The van der Waals surface area contributed by atoms with E-state index in [1.807, 2.05) is 48.4 Å². The van der Waals surface area contributed by atoms with Gasteiger partial charge in [0.1, 0.15) is 0 Å². The second-order valence-electron chi connectivity index (χ2n) is 5.02. The number of aliphatic imine (C=N–C) groups is 1. The van der Waals surface area contributed by atoms with E-state index in [4.69, 9.17) is 11.6 Å². The van der Waals surface area contributed by atoms with Gasteiger partial charge in [0.05, 0.1) is 12.7 Å². The first-order valence-corrected chi connectivity index (χ1v) is 7.79. The van der Waals surface area contributed by atoms with Crippen molar-refractivity contribution < 1.29 is 0 Å². The molecule has 0 aliphatic carbocycles. The summed E-state index contributed by atoms with van der Waals surface area (Å²) in [7, 11) is 1.92. The van der Waals surface area contributed by atoms with Gasteiger partial charge < -0.3 is 10.6 Å². The van der Waals surface area contributed by atoms with E-state index < -0.39 is 0 Å². The van der Waals surface area contributed by atoms with Crippen LogP contribution in [-0.2, 0) is 20.0 Å². The predicted octanol–water partition coefficient (Wildman–Crippen LogP) is 2.37. The molecule has 0 radical (unpaired) electrons. The highest BCUT2D eigenvalue weighted by Crippen LogP contribution is 2.11. The van der Waals surface area contributed by atoms with Crippen LogP contribution in [-0.4, -0.2) is 28.8 Å². The van der Waals surface area contributed by atoms with Crippen molar-refractivity contribution in [2.75, 3.05) is 13.1 Å². The molecule has 0 unspecified atom stereocenters. The smallest absolute Gasteiger partial charge is 0.191 e. The predicted molar refractivity (Wildman–Crippen MR) is 91.2 cm³/mol. The minimum Gasteiger partial charge on any atom is -0.357 e. The van der Waals surface area contributed by atoms with Gasteiger partial charge in [-0.1, -0.05) is 23.7 Å². The van der Waals surface area contributed by atoms with Crippen LogP contribution in [0.4, 0.5) is 0 Å². The van der Waals surface area contributed by atoms with Crippen molar-refractivity contribution in [2.45, 2.75) is 19.9 Å². The lowest BCUT2D eigenvalue weighted by Gasteiger charge is -2.10. The molecule has 2 N–H and O–H groups in total. The highest BCUT2D eigenvalue weighted by Gasteiger charge is 2.00. The summed E-state index contributed by atoms with van der Waals surface area (Å²) >= 11 is 5.99. The zero-order valence-electron chi connectivity index (χ0n) is 13.0. The number of aryl methyl sites for hydroxylation is 1. The van der Waals surface area contributed by atoms with Crippen molar-refractivity contribution in [1.29, 1.82) is 0 Å². The highest BCUT2D eigenvalue weighted by molar-refractivity contribution is 6.30. The van der Waals surface area contributed by atoms with Crippen molar-refractivity contribution in [2.24, 2.45) is 12.0 Å². The molecular weight excluding hydrogens is 298 g/mol. The zero-order chi connectivity index (χ0) is 15.8. The minimum atomic E-state index is 0.600. The fraction of sp³-hybridized carbons (Fsp3) is 0.375. The second-order valence-corrected chi connectivity index (χ2v) is 5.46. The molecule has 22 heavy (non-hydrogen) atoms. The van der Waals surface area contributed by atoms with Crippen molar-refractivity contribution in [1.82, 2.24) is 20.4 Å². The average Bonchev–Trinajstić information content (AvgIpc) is 2.90. The van der Waals surface area contributed by atoms with Gasteiger partial charge in [0.2, 0.25) is 0 Å². The Morgan fingerprint density at radius 2 is 2.18 bits per heavy atom.